The van der Waals surface area contributed by atoms with Gasteiger partial charge < -0.3 is 24.1 Å². The number of aryl methyl sites for hydroxylation is 1. The summed E-state index contributed by atoms with van der Waals surface area (Å²) in [5.74, 6) is 2.43. The maximum Gasteiger partial charge on any atom is 0.255 e. The van der Waals surface area contributed by atoms with Gasteiger partial charge in [0.2, 0.25) is 11.7 Å². The molecule has 144 valence electrons. The molecule has 1 aromatic heterocycles. The molecular weight excluding hydrogens is 362 g/mol. The van der Waals surface area contributed by atoms with Crippen molar-refractivity contribution in [2.24, 2.45) is 0 Å². The summed E-state index contributed by atoms with van der Waals surface area (Å²) >= 11 is 0. The van der Waals surface area contributed by atoms with Crippen LogP contribution in [0.15, 0.2) is 53.1 Å². The van der Waals surface area contributed by atoms with E-state index >= 15 is 0 Å². The summed E-state index contributed by atoms with van der Waals surface area (Å²) in [5, 5.41) is 6.65. The van der Waals surface area contributed by atoms with E-state index in [0.29, 0.717) is 47.7 Å². The van der Waals surface area contributed by atoms with Crippen LogP contribution in [0.1, 0.15) is 22.1 Å². The number of nitrogens with one attached hydrogen (secondary N) is 1. The summed E-state index contributed by atoms with van der Waals surface area (Å²) in [6.07, 6.45) is -0.269. The van der Waals surface area contributed by atoms with Gasteiger partial charge in [-0.1, -0.05) is 29.4 Å². The predicted octanol–water partition coefficient (Wildman–Crippen LogP) is 2.53. The molecule has 1 unspecified atom stereocenters. The fourth-order valence-electron chi connectivity index (χ4n) is 2.79. The van der Waals surface area contributed by atoms with E-state index in [1.165, 1.54) is 0 Å². The topological polar surface area (TPSA) is 95.7 Å². The predicted molar refractivity (Wildman–Crippen MR) is 98.5 cm³/mol. The van der Waals surface area contributed by atoms with Gasteiger partial charge in [0.1, 0.15) is 18.5 Å². The molecular formula is C20H19N3O5. The maximum absolute atomic E-state index is 12.6. The molecule has 0 aliphatic carbocycles. The van der Waals surface area contributed by atoms with Gasteiger partial charge >= 0.3 is 0 Å². The van der Waals surface area contributed by atoms with Gasteiger partial charge in [-0.3, -0.25) is 4.79 Å². The lowest BCUT2D eigenvalue weighted by Crippen LogP contribution is -2.40. The molecule has 0 saturated carbocycles. The smallest absolute Gasteiger partial charge is 0.255 e. The molecule has 3 aromatic rings. The van der Waals surface area contributed by atoms with Gasteiger partial charge in [0.25, 0.3) is 5.91 Å². The van der Waals surface area contributed by atoms with Crippen molar-refractivity contribution in [1.29, 1.82) is 0 Å². The van der Waals surface area contributed by atoms with E-state index in [1.807, 2.05) is 24.3 Å². The number of amides is 1. The number of hydrogen-bond acceptors (Lipinski definition) is 7. The molecule has 0 spiro atoms. The average Bonchev–Trinajstić information content (AvgIpc) is 3.15. The second kappa shape index (κ2) is 7.99. The largest absolute Gasteiger partial charge is 0.486 e. The van der Waals surface area contributed by atoms with Crippen LogP contribution in [0.25, 0.3) is 0 Å². The van der Waals surface area contributed by atoms with E-state index in [-0.39, 0.29) is 18.6 Å². The first-order chi connectivity index (χ1) is 13.7. The molecule has 1 amide bonds. The van der Waals surface area contributed by atoms with Crippen molar-refractivity contribution >= 4 is 5.91 Å². The number of nitrogens with zero attached hydrogens (tertiary/aromatic N) is 2. The van der Waals surface area contributed by atoms with Crippen molar-refractivity contribution in [3.8, 4) is 17.2 Å². The Morgan fingerprint density at radius 2 is 1.96 bits per heavy atom. The number of rotatable bonds is 6. The molecule has 2 aromatic carbocycles. The Balaban J connectivity index is 1.36. The van der Waals surface area contributed by atoms with Gasteiger partial charge in [-0.05, 0) is 24.3 Å². The highest BCUT2D eigenvalue weighted by atomic mass is 16.6. The molecule has 0 fully saturated rings. The molecule has 1 N–H and O–H groups in total. The third-order valence-electron chi connectivity index (χ3n) is 4.12. The average molecular weight is 381 g/mol. The summed E-state index contributed by atoms with van der Waals surface area (Å²) in [5.41, 5.74) is 0.417. The van der Waals surface area contributed by atoms with E-state index in [0.717, 1.165) is 0 Å². The van der Waals surface area contributed by atoms with Crippen molar-refractivity contribution in [2.75, 3.05) is 13.2 Å². The third kappa shape index (κ3) is 4.06. The van der Waals surface area contributed by atoms with Crippen LogP contribution in [0, 0.1) is 6.92 Å². The molecule has 8 heteroatoms. The zero-order chi connectivity index (χ0) is 19.3. The van der Waals surface area contributed by atoms with Gasteiger partial charge in [-0.25, -0.2) is 0 Å². The third-order valence-corrected chi connectivity index (χ3v) is 4.12. The van der Waals surface area contributed by atoms with Crippen LogP contribution in [0.5, 0.6) is 17.2 Å². The molecule has 1 atom stereocenters. The molecule has 8 nitrogen and oxygen atoms in total. The molecule has 1 aliphatic rings. The highest BCUT2D eigenvalue weighted by Gasteiger charge is 2.22. The fourth-order valence-corrected chi connectivity index (χ4v) is 2.79. The first kappa shape index (κ1) is 17.8. The van der Waals surface area contributed by atoms with Crippen LogP contribution in [0.2, 0.25) is 0 Å². The first-order valence-electron chi connectivity index (χ1n) is 8.87. The lowest BCUT2D eigenvalue weighted by Gasteiger charge is -2.26. The van der Waals surface area contributed by atoms with Crippen LogP contribution < -0.4 is 19.5 Å². The second-order valence-corrected chi connectivity index (χ2v) is 6.22. The number of para-hydroxylation sites is 3. The number of ether oxygens (including phenoxy) is 3. The van der Waals surface area contributed by atoms with Gasteiger partial charge in [0, 0.05) is 6.92 Å². The maximum atomic E-state index is 12.6. The van der Waals surface area contributed by atoms with Gasteiger partial charge in [-0.15, -0.1) is 0 Å². The molecule has 0 bridgehead atoms. The van der Waals surface area contributed by atoms with Crippen molar-refractivity contribution in [2.45, 2.75) is 19.6 Å². The summed E-state index contributed by atoms with van der Waals surface area (Å²) in [6.45, 7) is 2.49. The monoisotopic (exact) mass is 381 g/mol. The van der Waals surface area contributed by atoms with Crippen LogP contribution in [-0.2, 0) is 6.61 Å². The molecule has 0 radical (unpaired) electrons. The fraction of sp³-hybridized carbons (Fsp3) is 0.250. The highest BCUT2D eigenvalue weighted by Crippen LogP contribution is 2.30. The quantitative estimate of drug-likeness (QED) is 0.701. The standard InChI is InChI=1S/C20H19N3O5/c1-13-22-19(23-28-13)12-26-16-7-3-2-6-15(16)20(24)21-10-14-11-25-17-8-4-5-9-18(17)27-14/h2-9,14H,10-12H2,1H3,(H,21,24). The van der Waals surface area contributed by atoms with Gasteiger partial charge in [-0.2, -0.15) is 4.98 Å². The number of aromatic nitrogens is 2. The Morgan fingerprint density at radius 3 is 2.79 bits per heavy atom. The molecule has 0 saturated heterocycles. The lowest BCUT2D eigenvalue weighted by atomic mass is 10.2. The van der Waals surface area contributed by atoms with Crippen LogP contribution >= 0.6 is 0 Å². The Labute approximate surface area is 161 Å². The molecule has 1 aliphatic heterocycles. The zero-order valence-corrected chi connectivity index (χ0v) is 15.3. The van der Waals surface area contributed by atoms with Crippen LogP contribution in [0.3, 0.4) is 0 Å². The van der Waals surface area contributed by atoms with Crippen molar-refractivity contribution in [1.82, 2.24) is 15.5 Å². The van der Waals surface area contributed by atoms with E-state index in [4.69, 9.17) is 18.7 Å². The minimum absolute atomic E-state index is 0.109. The summed E-state index contributed by atoms with van der Waals surface area (Å²) < 4.78 is 22.1. The number of fused-ring (bicyclic) bond motifs is 1. The van der Waals surface area contributed by atoms with Gasteiger partial charge in [0.15, 0.2) is 18.1 Å². The van der Waals surface area contributed by atoms with Crippen LogP contribution in [-0.4, -0.2) is 35.3 Å². The van der Waals surface area contributed by atoms with E-state index in [2.05, 4.69) is 15.5 Å². The Kier molecular flexibility index (Phi) is 5.09. The number of benzene rings is 2. The van der Waals surface area contributed by atoms with Gasteiger partial charge in [0.05, 0.1) is 12.1 Å². The van der Waals surface area contributed by atoms with Crippen molar-refractivity contribution < 1.29 is 23.5 Å². The highest BCUT2D eigenvalue weighted by molar-refractivity contribution is 5.96. The molecule has 28 heavy (non-hydrogen) atoms. The first-order valence-corrected chi connectivity index (χ1v) is 8.87. The van der Waals surface area contributed by atoms with Crippen molar-refractivity contribution in [3.05, 3.63) is 65.8 Å². The summed E-state index contributed by atoms with van der Waals surface area (Å²) in [7, 11) is 0. The van der Waals surface area contributed by atoms with Crippen molar-refractivity contribution in [3.63, 3.8) is 0 Å². The van der Waals surface area contributed by atoms with E-state index in [9.17, 15) is 4.79 Å². The molecule has 4 rings (SSSR count). The Hall–Kier alpha value is -3.55. The number of carbonyl (C=O) groups excluding carboxylic acids is 1. The number of carbonyl (C=O) groups is 1. The minimum atomic E-state index is -0.269. The van der Waals surface area contributed by atoms with E-state index in [1.54, 1.807) is 31.2 Å². The zero-order valence-electron chi connectivity index (χ0n) is 15.3. The summed E-state index contributed by atoms with van der Waals surface area (Å²) in [4.78, 5) is 16.7. The lowest BCUT2D eigenvalue weighted by molar-refractivity contribution is 0.0786. The van der Waals surface area contributed by atoms with E-state index < -0.39 is 0 Å². The number of hydrogen-bond donors (Lipinski definition) is 1. The van der Waals surface area contributed by atoms with Crippen LogP contribution in [0.4, 0.5) is 0 Å². The SMILES string of the molecule is Cc1nc(COc2ccccc2C(=O)NCC2COc3ccccc3O2)no1. The minimum Gasteiger partial charge on any atom is -0.486 e. The second-order valence-electron chi connectivity index (χ2n) is 6.22. The normalized spacial score (nSPS) is 15.1. The Bertz CT molecular complexity index is 972. The summed E-state index contributed by atoms with van der Waals surface area (Å²) in [6, 6.07) is 14.4. The molecule has 2 heterocycles. The Morgan fingerprint density at radius 1 is 1.18 bits per heavy atom.